The molecule has 2 amide bonds. The Hall–Kier alpha value is -1.26. The number of hydrogen-bond donors (Lipinski definition) is 2. The molecule has 2 unspecified atom stereocenters. The fraction of sp³-hybridized carbons (Fsp3) is 0.846. The molecular formula is C13H24N2O3. The Bertz CT molecular complexity index is 294. The monoisotopic (exact) mass is 256 g/mol. The van der Waals surface area contributed by atoms with Crippen LogP contribution in [0.3, 0.4) is 0 Å². The number of aliphatic carboxylic acids is 1. The molecule has 0 aromatic carbocycles. The van der Waals surface area contributed by atoms with Gasteiger partial charge in [0.15, 0.2) is 0 Å². The molecule has 1 aliphatic rings. The van der Waals surface area contributed by atoms with Gasteiger partial charge in [0.25, 0.3) is 0 Å². The maximum atomic E-state index is 11.9. The number of hydrogen-bond acceptors (Lipinski definition) is 2. The summed E-state index contributed by atoms with van der Waals surface area (Å²) in [5, 5.41) is 11.9. The molecule has 2 N–H and O–H groups in total. The van der Waals surface area contributed by atoms with E-state index in [1.165, 1.54) is 0 Å². The molecule has 5 nitrogen and oxygen atoms in total. The fourth-order valence-electron chi connectivity index (χ4n) is 2.37. The van der Waals surface area contributed by atoms with Gasteiger partial charge in [0.05, 0.1) is 5.92 Å². The minimum absolute atomic E-state index is 0.00558. The second kappa shape index (κ2) is 7.24. The number of carbonyl (C=O) groups is 2. The van der Waals surface area contributed by atoms with E-state index in [2.05, 4.69) is 12.2 Å². The van der Waals surface area contributed by atoms with E-state index in [1.807, 2.05) is 6.92 Å². The van der Waals surface area contributed by atoms with Crippen molar-refractivity contribution in [2.75, 3.05) is 13.1 Å². The number of likely N-dealkylation sites (tertiary alicyclic amines) is 1. The molecule has 5 heteroatoms. The zero-order valence-corrected chi connectivity index (χ0v) is 11.3. The maximum absolute atomic E-state index is 11.9. The summed E-state index contributed by atoms with van der Waals surface area (Å²) in [6.45, 7) is 5.29. The van der Waals surface area contributed by atoms with Gasteiger partial charge in [0.2, 0.25) is 0 Å². The van der Waals surface area contributed by atoms with Crippen molar-refractivity contribution in [3.8, 4) is 0 Å². The van der Waals surface area contributed by atoms with Gasteiger partial charge in [0.1, 0.15) is 0 Å². The van der Waals surface area contributed by atoms with Crippen LogP contribution in [0.5, 0.6) is 0 Å². The highest BCUT2D eigenvalue weighted by molar-refractivity contribution is 5.75. The van der Waals surface area contributed by atoms with Gasteiger partial charge < -0.3 is 15.3 Å². The minimum Gasteiger partial charge on any atom is -0.481 e. The van der Waals surface area contributed by atoms with Crippen LogP contribution < -0.4 is 5.32 Å². The number of carboxylic acid groups (broad SMARTS) is 1. The zero-order chi connectivity index (χ0) is 13.5. The molecule has 0 radical (unpaired) electrons. The Morgan fingerprint density at radius 1 is 1.39 bits per heavy atom. The molecule has 1 heterocycles. The SMILES string of the molecule is CCCCCNC(=O)N1CCC(C(=O)O)CC1C. The first-order chi connectivity index (χ1) is 8.56. The Morgan fingerprint density at radius 3 is 2.67 bits per heavy atom. The summed E-state index contributed by atoms with van der Waals surface area (Å²) in [5.74, 6) is -1.05. The van der Waals surface area contributed by atoms with Crippen LogP contribution >= 0.6 is 0 Å². The highest BCUT2D eigenvalue weighted by Crippen LogP contribution is 2.22. The molecule has 1 fully saturated rings. The van der Waals surface area contributed by atoms with E-state index in [0.29, 0.717) is 25.9 Å². The van der Waals surface area contributed by atoms with Gasteiger partial charge >= 0.3 is 12.0 Å². The molecule has 0 aromatic rings. The third-order valence-electron chi connectivity index (χ3n) is 3.54. The van der Waals surface area contributed by atoms with Crippen molar-refractivity contribution in [2.24, 2.45) is 5.92 Å². The number of unbranched alkanes of at least 4 members (excludes halogenated alkanes) is 2. The number of nitrogens with zero attached hydrogens (tertiary/aromatic N) is 1. The lowest BCUT2D eigenvalue weighted by Crippen LogP contribution is -2.50. The molecule has 1 aliphatic heterocycles. The van der Waals surface area contributed by atoms with Gasteiger partial charge in [-0.05, 0) is 26.2 Å². The Kier molecular flexibility index (Phi) is 5.95. The highest BCUT2D eigenvalue weighted by Gasteiger charge is 2.31. The number of urea groups is 1. The summed E-state index contributed by atoms with van der Waals surface area (Å²) < 4.78 is 0. The number of carbonyl (C=O) groups excluding carboxylic acids is 1. The largest absolute Gasteiger partial charge is 0.481 e. The van der Waals surface area contributed by atoms with Gasteiger partial charge in [0, 0.05) is 19.1 Å². The van der Waals surface area contributed by atoms with Gasteiger partial charge in [-0.25, -0.2) is 4.79 Å². The first kappa shape index (κ1) is 14.8. The molecule has 0 aromatic heterocycles. The Balaban J connectivity index is 2.34. The van der Waals surface area contributed by atoms with Crippen molar-refractivity contribution in [3.63, 3.8) is 0 Å². The standard InChI is InChI=1S/C13H24N2O3/c1-3-4-5-7-14-13(18)15-8-6-11(12(16)17)9-10(15)2/h10-11H,3-9H2,1-2H3,(H,14,18)(H,16,17). The summed E-state index contributed by atoms with van der Waals surface area (Å²) in [6.07, 6.45) is 4.37. The van der Waals surface area contributed by atoms with Crippen LogP contribution in [0.25, 0.3) is 0 Å². The molecule has 1 rings (SSSR count). The summed E-state index contributed by atoms with van der Waals surface area (Å²) in [4.78, 5) is 24.6. The summed E-state index contributed by atoms with van der Waals surface area (Å²) >= 11 is 0. The van der Waals surface area contributed by atoms with E-state index in [-0.39, 0.29) is 18.0 Å². The molecular weight excluding hydrogens is 232 g/mol. The van der Waals surface area contributed by atoms with Crippen molar-refractivity contribution in [2.45, 2.75) is 52.0 Å². The van der Waals surface area contributed by atoms with Crippen LogP contribution in [0.4, 0.5) is 4.79 Å². The smallest absolute Gasteiger partial charge is 0.317 e. The number of rotatable bonds is 5. The topological polar surface area (TPSA) is 69.6 Å². The number of nitrogens with one attached hydrogen (secondary N) is 1. The predicted molar refractivity (Wildman–Crippen MR) is 69.5 cm³/mol. The van der Waals surface area contributed by atoms with E-state index in [0.717, 1.165) is 19.3 Å². The predicted octanol–water partition coefficient (Wildman–Crippen LogP) is 2.07. The molecule has 0 aliphatic carbocycles. The van der Waals surface area contributed by atoms with Crippen LogP contribution in [-0.4, -0.2) is 41.1 Å². The Labute approximate surface area is 109 Å². The van der Waals surface area contributed by atoms with E-state index in [4.69, 9.17) is 5.11 Å². The van der Waals surface area contributed by atoms with Crippen LogP contribution in [0, 0.1) is 5.92 Å². The van der Waals surface area contributed by atoms with E-state index >= 15 is 0 Å². The third kappa shape index (κ3) is 4.20. The first-order valence-corrected chi connectivity index (χ1v) is 6.83. The highest BCUT2D eigenvalue weighted by atomic mass is 16.4. The lowest BCUT2D eigenvalue weighted by atomic mass is 9.92. The Morgan fingerprint density at radius 2 is 2.11 bits per heavy atom. The van der Waals surface area contributed by atoms with Crippen molar-refractivity contribution in [1.82, 2.24) is 10.2 Å². The van der Waals surface area contributed by atoms with E-state index in [1.54, 1.807) is 4.90 Å². The third-order valence-corrected chi connectivity index (χ3v) is 3.54. The molecule has 0 spiro atoms. The van der Waals surface area contributed by atoms with Crippen LogP contribution in [-0.2, 0) is 4.79 Å². The summed E-state index contributed by atoms with van der Waals surface area (Å²) in [6, 6.07) is -0.0477. The normalized spacial score (nSPS) is 23.8. The maximum Gasteiger partial charge on any atom is 0.317 e. The van der Waals surface area contributed by atoms with Crippen molar-refractivity contribution < 1.29 is 14.7 Å². The molecule has 2 atom stereocenters. The number of piperidine rings is 1. The van der Waals surface area contributed by atoms with E-state index < -0.39 is 5.97 Å². The average molecular weight is 256 g/mol. The van der Waals surface area contributed by atoms with Gasteiger partial charge in [-0.2, -0.15) is 0 Å². The molecule has 104 valence electrons. The molecule has 0 saturated carbocycles. The van der Waals surface area contributed by atoms with E-state index in [9.17, 15) is 9.59 Å². The number of carboxylic acids is 1. The van der Waals surface area contributed by atoms with Crippen LogP contribution in [0.2, 0.25) is 0 Å². The van der Waals surface area contributed by atoms with Crippen LogP contribution in [0.15, 0.2) is 0 Å². The molecule has 0 bridgehead atoms. The lowest BCUT2D eigenvalue weighted by molar-refractivity contribution is -0.143. The second-order valence-corrected chi connectivity index (χ2v) is 5.04. The molecule has 1 saturated heterocycles. The summed E-state index contributed by atoms with van der Waals surface area (Å²) in [5.41, 5.74) is 0. The van der Waals surface area contributed by atoms with Crippen molar-refractivity contribution in [1.29, 1.82) is 0 Å². The van der Waals surface area contributed by atoms with Crippen LogP contribution in [0.1, 0.15) is 46.0 Å². The van der Waals surface area contributed by atoms with Gasteiger partial charge in [-0.3, -0.25) is 4.79 Å². The zero-order valence-electron chi connectivity index (χ0n) is 11.3. The second-order valence-electron chi connectivity index (χ2n) is 5.04. The van der Waals surface area contributed by atoms with Gasteiger partial charge in [-0.1, -0.05) is 19.8 Å². The molecule has 18 heavy (non-hydrogen) atoms. The fourth-order valence-corrected chi connectivity index (χ4v) is 2.37. The average Bonchev–Trinajstić information content (AvgIpc) is 2.34. The first-order valence-electron chi connectivity index (χ1n) is 6.83. The number of amides is 2. The summed E-state index contributed by atoms with van der Waals surface area (Å²) in [7, 11) is 0. The van der Waals surface area contributed by atoms with Gasteiger partial charge in [-0.15, -0.1) is 0 Å². The quantitative estimate of drug-likeness (QED) is 0.740. The van der Waals surface area contributed by atoms with Crippen molar-refractivity contribution >= 4 is 12.0 Å². The van der Waals surface area contributed by atoms with Crippen molar-refractivity contribution in [3.05, 3.63) is 0 Å². The minimum atomic E-state index is -0.746. The lowest BCUT2D eigenvalue weighted by Gasteiger charge is -2.36.